The van der Waals surface area contributed by atoms with Crippen molar-refractivity contribution >= 4 is 32.2 Å². The normalized spacial score (nSPS) is 11.4. The number of benzene rings is 3. The number of nitrogens with one attached hydrogen (secondary N) is 1. The Kier molecular flexibility index (Phi) is 4.36. The molecule has 0 aliphatic carbocycles. The van der Waals surface area contributed by atoms with E-state index in [0.717, 1.165) is 16.3 Å². The lowest BCUT2D eigenvalue weighted by Crippen LogP contribution is -2.07. The number of fused-ring (bicyclic) bond motifs is 1. The van der Waals surface area contributed by atoms with Crippen LogP contribution in [0.15, 0.2) is 71.6 Å². The van der Waals surface area contributed by atoms with Crippen LogP contribution < -0.4 is 5.32 Å². The number of anilines is 1. The minimum atomic E-state index is -3.46. The van der Waals surface area contributed by atoms with Crippen LogP contribution in [0, 0.1) is 0 Å². The van der Waals surface area contributed by atoms with Crippen molar-refractivity contribution in [3.63, 3.8) is 0 Å². The molecule has 1 amide bonds. The third-order valence-corrected chi connectivity index (χ3v) is 5.44. The van der Waals surface area contributed by atoms with Gasteiger partial charge >= 0.3 is 0 Å². The molecule has 3 aromatic rings. The summed E-state index contributed by atoms with van der Waals surface area (Å²) in [5, 5.41) is 4.59. The van der Waals surface area contributed by atoms with Gasteiger partial charge < -0.3 is 5.32 Å². The first kappa shape index (κ1) is 16.2. The SMILES string of the molecule is CC(=O)Nc1ccc(S(=O)(=O)Cc2cccc3ccccc23)cc1. The van der Waals surface area contributed by atoms with Crippen LogP contribution in [0.25, 0.3) is 10.8 Å². The average Bonchev–Trinajstić information content (AvgIpc) is 2.55. The summed E-state index contributed by atoms with van der Waals surface area (Å²) in [5.41, 5.74) is 1.35. The number of amides is 1. The van der Waals surface area contributed by atoms with Gasteiger partial charge in [0.1, 0.15) is 0 Å². The summed E-state index contributed by atoms with van der Waals surface area (Å²) >= 11 is 0. The first-order valence-corrected chi connectivity index (χ1v) is 9.18. The smallest absolute Gasteiger partial charge is 0.221 e. The van der Waals surface area contributed by atoms with Crippen molar-refractivity contribution < 1.29 is 13.2 Å². The summed E-state index contributed by atoms with van der Waals surface area (Å²) in [4.78, 5) is 11.3. The van der Waals surface area contributed by atoms with Crippen LogP contribution in [-0.2, 0) is 20.4 Å². The van der Waals surface area contributed by atoms with Crippen molar-refractivity contribution in [3.05, 3.63) is 72.3 Å². The molecule has 0 saturated carbocycles. The third kappa shape index (κ3) is 3.46. The molecule has 0 bridgehead atoms. The molecule has 0 aliphatic heterocycles. The highest BCUT2D eigenvalue weighted by Gasteiger charge is 2.16. The second-order valence-corrected chi connectivity index (χ2v) is 7.59. The van der Waals surface area contributed by atoms with Crippen molar-refractivity contribution in [3.8, 4) is 0 Å². The Morgan fingerprint density at radius 2 is 1.58 bits per heavy atom. The number of carbonyl (C=O) groups is 1. The van der Waals surface area contributed by atoms with Crippen molar-refractivity contribution in [2.24, 2.45) is 0 Å². The fourth-order valence-corrected chi connectivity index (χ4v) is 4.03. The standard InChI is InChI=1S/C19H17NO3S/c1-14(21)20-17-9-11-18(12-10-17)24(22,23)13-16-7-4-6-15-5-2-3-8-19(15)16/h2-12H,13H2,1H3,(H,20,21). The molecule has 5 heteroatoms. The molecule has 0 heterocycles. The van der Waals surface area contributed by atoms with Gasteiger partial charge in [-0.15, -0.1) is 0 Å². The Bertz CT molecular complexity index is 987. The van der Waals surface area contributed by atoms with Crippen molar-refractivity contribution in [1.82, 2.24) is 0 Å². The number of carbonyl (C=O) groups excluding carboxylic acids is 1. The van der Waals surface area contributed by atoms with E-state index >= 15 is 0 Å². The molecule has 3 aromatic carbocycles. The van der Waals surface area contributed by atoms with E-state index in [-0.39, 0.29) is 16.6 Å². The molecule has 0 radical (unpaired) electrons. The quantitative estimate of drug-likeness (QED) is 0.787. The lowest BCUT2D eigenvalue weighted by atomic mass is 10.1. The minimum absolute atomic E-state index is 0.0617. The minimum Gasteiger partial charge on any atom is -0.326 e. The lowest BCUT2D eigenvalue weighted by molar-refractivity contribution is -0.114. The highest BCUT2D eigenvalue weighted by Crippen LogP contribution is 2.24. The Hall–Kier alpha value is -2.66. The average molecular weight is 339 g/mol. The Balaban J connectivity index is 1.92. The Morgan fingerprint density at radius 3 is 2.29 bits per heavy atom. The van der Waals surface area contributed by atoms with Gasteiger partial charge in [0.15, 0.2) is 9.84 Å². The topological polar surface area (TPSA) is 63.2 Å². The molecule has 4 nitrogen and oxygen atoms in total. The second-order valence-electron chi connectivity index (χ2n) is 5.60. The zero-order valence-corrected chi connectivity index (χ0v) is 14.0. The maximum Gasteiger partial charge on any atom is 0.221 e. The maximum absolute atomic E-state index is 12.7. The van der Waals surface area contributed by atoms with Gasteiger partial charge in [-0.3, -0.25) is 4.79 Å². The summed E-state index contributed by atoms with van der Waals surface area (Å²) < 4.78 is 25.4. The summed E-state index contributed by atoms with van der Waals surface area (Å²) in [5.74, 6) is -0.255. The van der Waals surface area contributed by atoms with Gasteiger partial charge in [-0.25, -0.2) is 8.42 Å². The fraction of sp³-hybridized carbons (Fsp3) is 0.105. The summed E-state index contributed by atoms with van der Waals surface area (Å²) in [6.45, 7) is 1.41. The van der Waals surface area contributed by atoms with E-state index in [9.17, 15) is 13.2 Å². The molecule has 0 spiro atoms. The van der Waals surface area contributed by atoms with E-state index in [1.165, 1.54) is 19.1 Å². The van der Waals surface area contributed by atoms with Gasteiger partial charge in [-0.2, -0.15) is 0 Å². The highest BCUT2D eigenvalue weighted by molar-refractivity contribution is 7.90. The van der Waals surface area contributed by atoms with Crippen LogP contribution >= 0.6 is 0 Å². The summed E-state index contributed by atoms with van der Waals surface area (Å²) in [6.07, 6.45) is 0. The molecule has 122 valence electrons. The van der Waals surface area contributed by atoms with E-state index in [0.29, 0.717) is 5.69 Å². The van der Waals surface area contributed by atoms with Gasteiger partial charge in [0.25, 0.3) is 0 Å². The van der Waals surface area contributed by atoms with Crippen molar-refractivity contribution in [1.29, 1.82) is 0 Å². The van der Waals surface area contributed by atoms with Crippen molar-refractivity contribution in [2.75, 3.05) is 5.32 Å². The maximum atomic E-state index is 12.7. The van der Waals surface area contributed by atoms with Gasteiger partial charge in [0, 0.05) is 12.6 Å². The zero-order valence-electron chi connectivity index (χ0n) is 13.2. The van der Waals surface area contributed by atoms with E-state index in [1.807, 2.05) is 42.5 Å². The number of hydrogen-bond acceptors (Lipinski definition) is 3. The van der Waals surface area contributed by atoms with Gasteiger partial charge in [0.05, 0.1) is 10.6 Å². The zero-order chi connectivity index (χ0) is 17.2. The molecule has 0 fully saturated rings. The molecule has 3 rings (SSSR count). The van der Waals surface area contributed by atoms with Crippen molar-refractivity contribution in [2.45, 2.75) is 17.6 Å². The van der Waals surface area contributed by atoms with Crippen LogP contribution in [0.4, 0.5) is 5.69 Å². The molecule has 0 aliphatic rings. The highest BCUT2D eigenvalue weighted by atomic mass is 32.2. The van der Waals surface area contributed by atoms with Crippen LogP contribution in [-0.4, -0.2) is 14.3 Å². The Labute approximate surface area is 141 Å². The molecule has 0 unspecified atom stereocenters. The van der Waals surface area contributed by atoms with E-state index < -0.39 is 9.84 Å². The lowest BCUT2D eigenvalue weighted by Gasteiger charge is -2.09. The van der Waals surface area contributed by atoms with Crippen LogP contribution in [0.3, 0.4) is 0 Å². The van der Waals surface area contributed by atoms with E-state index in [4.69, 9.17) is 0 Å². The summed E-state index contributed by atoms with van der Waals surface area (Å²) in [6, 6.07) is 19.6. The number of sulfone groups is 1. The molecular formula is C19H17NO3S. The van der Waals surface area contributed by atoms with Gasteiger partial charge in [-0.05, 0) is 40.6 Å². The third-order valence-electron chi connectivity index (χ3n) is 3.76. The molecule has 0 saturated heterocycles. The van der Waals surface area contributed by atoms with E-state index in [2.05, 4.69) is 5.32 Å². The molecular weight excluding hydrogens is 322 g/mol. The second kappa shape index (κ2) is 6.45. The van der Waals surface area contributed by atoms with Crippen LogP contribution in [0.2, 0.25) is 0 Å². The number of hydrogen-bond donors (Lipinski definition) is 1. The molecule has 0 aromatic heterocycles. The van der Waals surface area contributed by atoms with Crippen LogP contribution in [0.1, 0.15) is 12.5 Å². The number of rotatable bonds is 4. The first-order chi connectivity index (χ1) is 11.5. The monoisotopic (exact) mass is 339 g/mol. The predicted molar refractivity (Wildman–Crippen MR) is 95.6 cm³/mol. The van der Waals surface area contributed by atoms with Gasteiger partial charge in [0.2, 0.25) is 5.91 Å². The van der Waals surface area contributed by atoms with Crippen LogP contribution in [0.5, 0.6) is 0 Å². The molecule has 0 atom stereocenters. The predicted octanol–water partition coefficient (Wildman–Crippen LogP) is 3.77. The van der Waals surface area contributed by atoms with Gasteiger partial charge in [-0.1, -0.05) is 42.5 Å². The largest absolute Gasteiger partial charge is 0.326 e. The Morgan fingerprint density at radius 1 is 0.917 bits per heavy atom. The molecule has 1 N–H and O–H groups in total. The molecule has 24 heavy (non-hydrogen) atoms. The van der Waals surface area contributed by atoms with E-state index in [1.54, 1.807) is 12.1 Å². The first-order valence-electron chi connectivity index (χ1n) is 7.53. The fourth-order valence-electron chi connectivity index (χ4n) is 2.66. The summed E-state index contributed by atoms with van der Waals surface area (Å²) in [7, 11) is -3.46.